The number of aliphatic imine (C=N–C) groups is 1. The molecule has 1 aliphatic heterocycles. The van der Waals surface area contributed by atoms with Crippen LogP contribution in [0.1, 0.15) is 37.8 Å². The second-order valence-corrected chi connectivity index (χ2v) is 7.65. The molecule has 2 atom stereocenters. The maximum Gasteiger partial charge on any atom is 0.153 e. The van der Waals surface area contributed by atoms with Gasteiger partial charge in [-0.2, -0.15) is 0 Å². The molecule has 2 aromatic carbocycles. The van der Waals surface area contributed by atoms with E-state index in [0.717, 1.165) is 35.4 Å². The number of benzene rings is 2. The molecule has 1 heterocycles. The number of amidine groups is 1. The van der Waals surface area contributed by atoms with Gasteiger partial charge >= 0.3 is 0 Å². The molecule has 5 nitrogen and oxygen atoms in total. The summed E-state index contributed by atoms with van der Waals surface area (Å²) in [4.78, 5) is 5.14. The Kier molecular flexibility index (Phi) is 6.88. The summed E-state index contributed by atoms with van der Waals surface area (Å²) in [5.41, 5.74) is 8.73. The zero-order chi connectivity index (χ0) is 20.1. The fourth-order valence-corrected chi connectivity index (χ4v) is 3.34. The second-order valence-electron chi connectivity index (χ2n) is 6.80. The average Bonchev–Trinajstić information content (AvgIpc) is 2.67. The number of nitrogens with two attached hydrogens (primary N) is 1. The van der Waals surface area contributed by atoms with Crippen LogP contribution < -0.4 is 21.1 Å². The maximum absolute atomic E-state index is 5.95. The molecule has 0 saturated heterocycles. The molecule has 0 aliphatic carbocycles. The summed E-state index contributed by atoms with van der Waals surface area (Å²) < 4.78 is 5.76. The average molecular weight is 417 g/mol. The molecule has 148 valence electrons. The summed E-state index contributed by atoms with van der Waals surface area (Å²) in [7, 11) is 0. The third-order valence-corrected chi connectivity index (χ3v) is 5.14. The Balaban J connectivity index is 1.63. The van der Waals surface area contributed by atoms with Crippen molar-refractivity contribution < 1.29 is 4.74 Å². The van der Waals surface area contributed by atoms with E-state index in [1.54, 1.807) is 0 Å². The molecule has 0 spiro atoms. The van der Waals surface area contributed by atoms with Gasteiger partial charge in [0.25, 0.3) is 0 Å². The van der Waals surface area contributed by atoms with Gasteiger partial charge in [0, 0.05) is 17.1 Å². The van der Waals surface area contributed by atoms with E-state index in [9.17, 15) is 0 Å². The number of fused-ring (bicyclic) bond motifs is 1. The highest BCUT2D eigenvalue weighted by molar-refractivity contribution is 7.80. The van der Waals surface area contributed by atoms with Crippen LogP contribution in [0.25, 0.3) is 0 Å². The minimum atomic E-state index is -0.191. The molecule has 0 fully saturated rings. The maximum atomic E-state index is 5.95. The van der Waals surface area contributed by atoms with Gasteiger partial charge in [0.05, 0.1) is 6.17 Å². The van der Waals surface area contributed by atoms with Crippen molar-refractivity contribution in [1.29, 1.82) is 0 Å². The highest BCUT2D eigenvalue weighted by Crippen LogP contribution is 2.32. The van der Waals surface area contributed by atoms with Crippen molar-refractivity contribution in [1.82, 2.24) is 10.6 Å². The van der Waals surface area contributed by atoms with Crippen molar-refractivity contribution in [3.05, 3.63) is 58.6 Å². The Morgan fingerprint density at radius 2 is 2.04 bits per heavy atom. The van der Waals surface area contributed by atoms with E-state index in [2.05, 4.69) is 22.5 Å². The molecule has 0 saturated carbocycles. The zero-order valence-corrected chi connectivity index (χ0v) is 17.6. The molecule has 1 aliphatic rings. The second kappa shape index (κ2) is 9.37. The lowest BCUT2D eigenvalue weighted by molar-refractivity contribution is 0.281. The van der Waals surface area contributed by atoms with Gasteiger partial charge in [0.1, 0.15) is 22.3 Å². The molecule has 28 heavy (non-hydrogen) atoms. The van der Waals surface area contributed by atoms with Gasteiger partial charge in [-0.15, -0.1) is 0 Å². The molecule has 0 radical (unpaired) electrons. The summed E-state index contributed by atoms with van der Waals surface area (Å²) in [5.74, 6) is 1.26. The van der Waals surface area contributed by atoms with Gasteiger partial charge in [0.15, 0.2) is 6.10 Å². The molecule has 0 amide bonds. The van der Waals surface area contributed by atoms with Crippen molar-refractivity contribution in [2.24, 2.45) is 10.7 Å². The Hall–Kier alpha value is -2.15. The quantitative estimate of drug-likeness (QED) is 0.464. The fourth-order valence-electron chi connectivity index (χ4n) is 2.94. The molecule has 2 unspecified atom stereocenters. The number of hydrogen-bond acceptors (Lipinski definition) is 5. The van der Waals surface area contributed by atoms with Crippen LogP contribution in [0, 0.1) is 0 Å². The standard InChI is InChI=1S/C21H25ClN4OS/c1-3-4-19(26-21(28)15-6-8-16(22)9-7-15)24-12-14-5-10-18-17(11-14)25-20(23)13(2)27-18/h5-11,13,19,24H,3-4,12H2,1-2H3,(H2,23,25)(H,26,28). The van der Waals surface area contributed by atoms with Crippen molar-refractivity contribution in [2.75, 3.05) is 0 Å². The molecular weight excluding hydrogens is 392 g/mol. The van der Waals surface area contributed by atoms with Crippen LogP contribution in [-0.4, -0.2) is 23.1 Å². The summed E-state index contributed by atoms with van der Waals surface area (Å²) in [5, 5.41) is 7.63. The topological polar surface area (TPSA) is 71.7 Å². The molecule has 2 aromatic rings. The zero-order valence-electron chi connectivity index (χ0n) is 16.0. The first-order valence-electron chi connectivity index (χ1n) is 9.39. The lowest BCUT2D eigenvalue weighted by Crippen LogP contribution is -2.44. The van der Waals surface area contributed by atoms with E-state index >= 15 is 0 Å². The number of hydrogen-bond donors (Lipinski definition) is 3. The number of rotatable bonds is 7. The van der Waals surface area contributed by atoms with Gasteiger partial charge in [-0.05, 0) is 43.2 Å². The summed E-state index contributed by atoms with van der Waals surface area (Å²) in [6.45, 7) is 4.72. The van der Waals surface area contributed by atoms with Crippen LogP contribution in [0.4, 0.5) is 5.69 Å². The van der Waals surface area contributed by atoms with Gasteiger partial charge in [-0.3, -0.25) is 5.32 Å². The van der Waals surface area contributed by atoms with Gasteiger partial charge in [0.2, 0.25) is 0 Å². The first-order chi connectivity index (χ1) is 13.5. The summed E-state index contributed by atoms with van der Waals surface area (Å²) in [6.07, 6.45) is 1.85. The minimum absolute atomic E-state index is 0.0639. The predicted molar refractivity (Wildman–Crippen MR) is 120 cm³/mol. The Morgan fingerprint density at radius 3 is 2.75 bits per heavy atom. The first-order valence-corrected chi connectivity index (χ1v) is 10.2. The Morgan fingerprint density at radius 1 is 1.29 bits per heavy atom. The monoisotopic (exact) mass is 416 g/mol. The van der Waals surface area contributed by atoms with Crippen LogP contribution in [-0.2, 0) is 6.54 Å². The SMILES string of the molecule is CCCC(NCc1ccc2c(c1)N=C(N)C(C)O2)NC(=S)c1ccc(Cl)cc1. The van der Waals surface area contributed by atoms with Gasteiger partial charge in [-0.25, -0.2) is 4.99 Å². The fraction of sp³-hybridized carbons (Fsp3) is 0.333. The largest absolute Gasteiger partial charge is 0.481 e. The van der Waals surface area contributed by atoms with Crippen LogP contribution in [0.3, 0.4) is 0 Å². The number of halogens is 1. The van der Waals surface area contributed by atoms with Crippen LogP contribution in [0.2, 0.25) is 5.02 Å². The van der Waals surface area contributed by atoms with Crippen LogP contribution >= 0.6 is 23.8 Å². The predicted octanol–water partition coefficient (Wildman–Crippen LogP) is 4.29. The normalized spacial score (nSPS) is 16.5. The Labute approximate surface area is 176 Å². The van der Waals surface area contributed by atoms with Crippen molar-refractivity contribution in [2.45, 2.75) is 45.5 Å². The van der Waals surface area contributed by atoms with Crippen molar-refractivity contribution in [3.63, 3.8) is 0 Å². The van der Waals surface area contributed by atoms with E-state index in [1.807, 2.05) is 49.4 Å². The lowest BCUT2D eigenvalue weighted by Gasteiger charge is -2.23. The molecule has 0 aromatic heterocycles. The minimum Gasteiger partial charge on any atom is -0.481 e. The molecule has 4 N–H and O–H groups in total. The van der Waals surface area contributed by atoms with Crippen molar-refractivity contribution in [3.8, 4) is 5.75 Å². The highest BCUT2D eigenvalue weighted by atomic mass is 35.5. The Bertz CT molecular complexity index is 869. The third-order valence-electron chi connectivity index (χ3n) is 4.53. The van der Waals surface area contributed by atoms with Crippen molar-refractivity contribution >= 4 is 40.3 Å². The van der Waals surface area contributed by atoms with Crippen LogP contribution in [0.15, 0.2) is 47.5 Å². The molecule has 0 bridgehead atoms. The number of nitrogens with one attached hydrogen (secondary N) is 2. The first kappa shape index (κ1) is 20.6. The number of ether oxygens (including phenoxy) is 1. The van der Waals surface area contributed by atoms with E-state index in [1.165, 1.54) is 0 Å². The number of thiocarbonyl (C=S) groups is 1. The van der Waals surface area contributed by atoms with E-state index < -0.39 is 0 Å². The molecule has 3 rings (SSSR count). The molecule has 7 heteroatoms. The lowest BCUT2D eigenvalue weighted by atomic mass is 10.1. The smallest absolute Gasteiger partial charge is 0.153 e. The third kappa shape index (κ3) is 5.22. The molecular formula is C21H25ClN4OS. The van der Waals surface area contributed by atoms with E-state index in [-0.39, 0.29) is 12.3 Å². The summed E-state index contributed by atoms with van der Waals surface area (Å²) >= 11 is 11.5. The highest BCUT2D eigenvalue weighted by Gasteiger charge is 2.18. The van der Waals surface area contributed by atoms with Crippen LogP contribution in [0.5, 0.6) is 5.75 Å². The number of nitrogens with zero attached hydrogens (tertiary/aromatic N) is 1. The van der Waals surface area contributed by atoms with Gasteiger partial charge in [-0.1, -0.05) is 55.4 Å². The summed E-state index contributed by atoms with van der Waals surface area (Å²) in [6, 6.07) is 13.5. The van der Waals surface area contributed by atoms with E-state index in [4.69, 9.17) is 34.3 Å². The van der Waals surface area contributed by atoms with Gasteiger partial charge < -0.3 is 15.8 Å². The van der Waals surface area contributed by atoms with E-state index in [0.29, 0.717) is 22.4 Å².